The summed E-state index contributed by atoms with van der Waals surface area (Å²) < 4.78 is 4.55. The van der Waals surface area contributed by atoms with E-state index in [9.17, 15) is 9.59 Å². The molecule has 0 aromatic heterocycles. The Balaban J connectivity index is 0.000000293. The highest BCUT2D eigenvalue weighted by Gasteiger charge is 2.29. The van der Waals surface area contributed by atoms with Crippen LogP contribution in [0.1, 0.15) is 27.7 Å². The van der Waals surface area contributed by atoms with E-state index in [4.69, 9.17) is 5.11 Å². The van der Waals surface area contributed by atoms with Crippen molar-refractivity contribution in [3.05, 3.63) is 12.2 Å². The highest BCUT2D eigenvalue weighted by Crippen LogP contribution is 2.15. The van der Waals surface area contributed by atoms with Crippen LogP contribution in [-0.4, -0.2) is 34.9 Å². The molecule has 1 heterocycles. The molecule has 0 saturated heterocycles. The quantitative estimate of drug-likeness (QED) is 0.724. The van der Waals surface area contributed by atoms with Gasteiger partial charge in [-0.05, 0) is 39.8 Å². The van der Waals surface area contributed by atoms with Gasteiger partial charge in [-0.3, -0.25) is 9.79 Å². The zero-order chi connectivity index (χ0) is 12.8. The van der Waals surface area contributed by atoms with Crippen LogP contribution in [0.4, 0.5) is 0 Å². The average molecular weight is 227 g/mol. The van der Waals surface area contributed by atoms with Gasteiger partial charge in [-0.15, -0.1) is 0 Å². The zero-order valence-electron chi connectivity index (χ0n) is 9.93. The number of aliphatic imine (C=N–C) groups is 1. The van der Waals surface area contributed by atoms with E-state index in [1.807, 2.05) is 20.8 Å². The molecule has 5 heteroatoms. The summed E-state index contributed by atoms with van der Waals surface area (Å²) in [6.45, 7) is 7.47. The number of aliphatic carboxylic acids is 1. The lowest BCUT2D eigenvalue weighted by atomic mass is 10.1. The number of nitrogens with zero attached hydrogens (tertiary/aromatic N) is 1. The maximum Gasteiger partial charge on any atom is 0.335 e. The van der Waals surface area contributed by atoms with Gasteiger partial charge in [0.25, 0.3) is 6.47 Å². The van der Waals surface area contributed by atoms with Gasteiger partial charge in [-0.2, -0.15) is 0 Å². The van der Waals surface area contributed by atoms with Crippen molar-refractivity contribution in [2.75, 3.05) is 0 Å². The molecule has 1 rings (SSSR count). The molecule has 0 fully saturated rings. The number of hydrogen-bond acceptors (Lipinski definition) is 4. The van der Waals surface area contributed by atoms with Crippen LogP contribution in [0.25, 0.3) is 0 Å². The number of hydrogen-bond donors (Lipinski definition) is 1. The standard InChI is InChI=1S/C6H7NO2.C5H10O2/c1-6(5(8)9)3-2-4-7-6;1-5(2,3)7-4-6/h2-4H,1H3,(H,8,9);4H,1-3H3. The molecule has 16 heavy (non-hydrogen) atoms. The Morgan fingerprint density at radius 2 is 2.06 bits per heavy atom. The van der Waals surface area contributed by atoms with Crippen molar-refractivity contribution >= 4 is 18.7 Å². The van der Waals surface area contributed by atoms with Gasteiger partial charge in [0.1, 0.15) is 5.60 Å². The largest absolute Gasteiger partial charge is 0.479 e. The monoisotopic (exact) mass is 227 g/mol. The van der Waals surface area contributed by atoms with Gasteiger partial charge in [0, 0.05) is 6.21 Å². The van der Waals surface area contributed by atoms with Crippen LogP contribution in [-0.2, 0) is 14.3 Å². The zero-order valence-corrected chi connectivity index (χ0v) is 9.93. The Labute approximate surface area is 94.8 Å². The van der Waals surface area contributed by atoms with Gasteiger partial charge >= 0.3 is 5.97 Å². The van der Waals surface area contributed by atoms with Crippen molar-refractivity contribution in [2.24, 2.45) is 4.99 Å². The minimum atomic E-state index is -1.00. The molecule has 1 N–H and O–H groups in total. The second kappa shape index (κ2) is 5.44. The van der Waals surface area contributed by atoms with Crippen LogP contribution in [0.15, 0.2) is 17.1 Å². The second-order valence-electron chi connectivity index (χ2n) is 4.42. The Bertz CT molecular complexity index is 300. The maximum atomic E-state index is 10.4. The molecular weight excluding hydrogens is 210 g/mol. The second-order valence-corrected chi connectivity index (χ2v) is 4.42. The lowest BCUT2D eigenvalue weighted by molar-refractivity contribution is -0.141. The SMILES string of the molecule is CC(C)(C)OC=O.CC1(C(=O)O)C=CC=N1. The van der Waals surface area contributed by atoms with E-state index in [-0.39, 0.29) is 5.60 Å². The summed E-state index contributed by atoms with van der Waals surface area (Å²) >= 11 is 0. The fraction of sp³-hybridized carbons (Fsp3) is 0.545. The van der Waals surface area contributed by atoms with E-state index in [1.165, 1.54) is 6.21 Å². The Kier molecular flexibility index (Phi) is 4.88. The predicted molar refractivity (Wildman–Crippen MR) is 60.6 cm³/mol. The van der Waals surface area contributed by atoms with Gasteiger partial charge in [-0.1, -0.05) is 0 Å². The molecule has 1 aliphatic rings. The van der Waals surface area contributed by atoms with Crippen molar-refractivity contribution in [3.8, 4) is 0 Å². The van der Waals surface area contributed by atoms with Crippen LogP contribution < -0.4 is 0 Å². The lowest BCUT2D eigenvalue weighted by Gasteiger charge is -2.14. The summed E-state index contributed by atoms with van der Waals surface area (Å²) in [5, 5.41) is 8.51. The fourth-order valence-electron chi connectivity index (χ4n) is 0.742. The Hall–Kier alpha value is -1.65. The summed E-state index contributed by atoms with van der Waals surface area (Å²) in [5.74, 6) is -0.910. The molecule has 0 aliphatic carbocycles. The van der Waals surface area contributed by atoms with Crippen LogP contribution in [0.5, 0.6) is 0 Å². The molecule has 90 valence electrons. The molecule has 0 spiro atoms. The number of carbonyl (C=O) groups is 2. The first kappa shape index (κ1) is 14.3. The smallest absolute Gasteiger partial charge is 0.335 e. The maximum absolute atomic E-state index is 10.4. The topological polar surface area (TPSA) is 76.0 Å². The van der Waals surface area contributed by atoms with Crippen LogP contribution in [0.3, 0.4) is 0 Å². The van der Waals surface area contributed by atoms with E-state index in [0.29, 0.717) is 6.47 Å². The predicted octanol–water partition coefficient (Wildman–Crippen LogP) is 1.43. The molecule has 1 aliphatic heterocycles. The van der Waals surface area contributed by atoms with Crippen molar-refractivity contribution in [1.29, 1.82) is 0 Å². The first-order valence-corrected chi connectivity index (χ1v) is 4.79. The molecule has 0 aromatic rings. The molecular formula is C11H17NO4. The fourth-order valence-corrected chi connectivity index (χ4v) is 0.742. The van der Waals surface area contributed by atoms with Gasteiger partial charge < -0.3 is 9.84 Å². The van der Waals surface area contributed by atoms with Crippen molar-refractivity contribution < 1.29 is 19.4 Å². The van der Waals surface area contributed by atoms with E-state index in [1.54, 1.807) is 19.1 Å². The molecule has 5 nitrogen and oxygen atoms in total. The molecule has 0 amide bonds. The molecule has 1 atom stereocenters. The van der Waals surface area contributed by atoms with E-state index in [2.05, 4.69) is 9.73 Å². The number of allylic oxidation sites excluding steroid dienone is 1. The highest BCUT2D eigenvalue weighted by atomic mass is 16.5. The number of carboxylic acid groups (broad SMARTS) is 1. The minimum Gasteiger partial charge on any atom is -0.479 e. The Morgan fingerprint density at radius 3 is 2.19 bits per heavy atom. The third kappa shape index (κ3) is 5.29. The first-order valence-electron chi connectivity index (χ1n) is 4.79. The highest BCUT2D eigenvalue weighted by molar-refractivity contribution is 5.89. The van der Waals surface area contributed by atoms with E-state index in [0.717, 1.165) is 0 Å². The van der Waals surface area contributed by atoms with Gasteiger partial charge in [-0.25, -0.2) is 4.79 Å². The van der Waals surface area contributed by atoms with Crippen LogP contribution >= 0.6 is 0 Å². The molecule has 0 bridgehead atoms. The van der Waals surface area contributed by atoms with Crippen molar-refractivity contribution in [2.45, 2.75) is 38.8 Å². The number of carbonyl (C=O) groups excluding carboxylic acids is 1. The molecule has 0 saturated carbocycles. The van der Waals surface area contributed by atoms with Gasteiger partial charge in [0.15, 0.2) is 5.54 Å². The summed E-state index contributed by atoms with van der Waals surface area (Å²) in [7, 11) is 0. The van der Waals surface area contributed by atoms with Gasteiger partial charge in [0.05, 0.1) is 0 Å². The summed E-state index contributed by atoms with van der Waals surface area (Å²) in [5.41, 5.74) is -1.32. The summed E-state index contributed by atoms with van der Waals surface area (Å²) in [4.78, 5) is 23.7. The van der Waals surface area contributed by atoms with Crippen LogP contribution in [0, 0.1) is 0 Å². The number of carboxylic acids is 1. The molecule has 0 radical (unpaired) electrons. The third-order valence-corrected chi connectivity index (χ3v) is 1.68. The molecule has 0 aromatic carbocycles. The van der Waals surface area contributed by atoms with E-state index >= 15 is 0 Å². The van der Waals surface area contributed by atoms with Crippen molar-refractivity contribution in [3.63, 3.8) is 0 Å². The van der Waals surface area contributed by atoms with Crippen LogP contribution in [0.2, 0.25) is 0 Å². The normalized spacial score (nSPS) is 22.2. The van der Waals surface area contributed by atoms with Gasteiger partial charge in [0.2, 0.25) is 0 Å². The molecule has 1 unspecified atom stereocenters. The minimum absolute atomic E-state index is 0.318. The summed E-state index contributed by atoms with van der Waals surface area (Å²) in [6.07, 6.45) is 4.68. The Morgan fingerprint density at radius 1 is 1.50 bits per heavy atom. The first-order chi connectivity index (χ1) is 7.21. The summed E-state index contributed by atoms with van der Waals surface area (Å²) in [6, 6.07) is 0. The lowest BCUT2D eigenvalue weighted by Crippen LogP contribution is -2.28. The number of ether oxygens (including phenoxy) is 1. The van der Waals surface area contributed by atoms with E-state index < -0.39 is 11.5 Å². The van der Waals surface area contributed by atoms with Crippen molar-refractivity contribution in [1.82, 2.24) is 0 Å². The third-order valence-electron chi connectivity index (χ3n) is 1.68. The number of rotatable bonds is 2. The average Bonchev–Trinajstić information content (AvgIpc) is 2.52.